The maximum Gasteiger partial charge on any atom is 0.224 e. The molecular weight excluding hydrogens is 355 g/mol. The second kappa shape index (κ2) is 8.25. The van der Waals surface area contributed by atoms with E-state index < -0.39 is 0 Å². The number of aryl methyl sites for hydroxylation is 1. The summed E-state index contributed by atoms with van der Waals surface area (Å²) in [4.78, 5) is 20.9. The highest BCUT2D eigenvalue weighted by molar-refractivity contribution is 5.76. The zero-order valence-corrected chi connectivity index (χ0v) is 15.7. The maximum absolute atomic E-state index is 13.9. The van der Waals surface area contributed by atoms with Crippen molar-refractivity contribution < 1.29 is 9.18 Å². The minimum atomic E-state index is -0.211. The number of anilines is 1. The summed E-state index contributed by atoms with van der Waals surface area (Å²) >= 11 is 0. The van der Waals surface area contributed by atoms with Gasteiger partial charge in [-0.15, -0.1) is 0 Å². The molecule has 2 heterocycles. The number of rotatable bonds is 5. The predicted molar refractivity (Wildman–Crippen MR) is 107 cm³/mol. The van der Waals surface area contributed by atoms with Gasteiger partial charge in [0.25, 0.3) is 0 Å². The van der Waals surface area contributed by atoms with Crippen molar-refractivity contribution >= 4 is 11.6 Å². The number of para-hydroxylation sites is 1. The van der Waals surface area contributed by atoms with Gasteiger partial charge in [-0.2, -0.15) is 0 Å². The molecule has 1 amide bonds. The lowest BCUT2D eigenvalue weighted by Gasteiger charge is -2.36. The standard InChI is InChI=1S/C22H23FN4O/c23-19-8-4-5-9-21(19)26-12-14-27(15-13-26)22(28)10-11-25-16-20(24-17-25)18-6-2-1-3-7-18/h1-9,16-17H,10-15H2. The maximum atomic E-state index is 13.9. The number of carbonyl (C=O) groups is 1. The van der Waals surface area contributed by atoms with E-state index in [0.717, 1.165) is 11.3 Å². The van der Waals surface area contributed by atoms with Crippen LogP contribution in [0.5, 0.6) is 0 Å². The van der Waals surface area contributed by atoms with Crippen LogP contribution in [0.25, 0.3) is 11.3 Å². The van der Waals surface area contributed by atoms with Crippen molar-refractivity contribution in [2.24, 2.45) is 0 Å². The Morgan fingerprint density at radius 2 is 1.68 bits per heavy atom. The van der Waals surface area contributed by atoms with E-state index in [-0.39, 0.29) is 11.7 Å². The van der Waals surface area contributed by atoms with Crippen LogP contribution >= 0.6 is 0 Å². The molecule has 6 heteroatoms. The van der Waals surface area contributed by atoms with E-state index in [2.05, 4.69) is 4.98 Å². The third-order valence-electron chi connectivity index (χ3n) is 5.11. The monoisotopic (exact) mass is 378 g/mol. The molecule has 0 radical (unpaired) electrons. The number of hydrogen-bond acceptors (Lipinski definition) is 3. The van der Waals surface area contributed by atoms with Gasteiger partial charge in [0.15, 0.2) is 0 Å². The number of benzene rings is 2. The first-order valence-corrected chi connectivity index (χ1v) is 9.55. The number of amides is 1. The average molecular weight is 378 g/mol. The molecule has 0 bridgehead atoms. The third-order valence-corrected chi connectivity index (χ3v) is 5.11. The van der Waals surface area contributed by atoms with Gasteiger partial charge in [-0.05, 0) is 12.1 Å². The molecule has 1 fully saturated rings. The first-order chi connectivity index (χ1) is 13.7. The normalized spacial score (nSPS) is 14.3. The Morgan fingerprint density at radius 3 is 2.43 bits per heavy atom. The van der Waals surface area contributed by atoms with Gasteiger partial charge < -0.3 is 14.4 Å². The van der Waals surface area contributed by atoms with Crippen LogP contribution in [0.3, 0.4) is 0 Å². The third kappa shape index (κ3) is 4.06. The minimum absolute atomic E-state index is 0.128. The van der Waals surface area contributed by atoms with Crippen LogP contribution in [-0.4, -0.2) is 46.5 Å². The van der Waals surface area contributed by atoms with Crippen molar-refractivity contribution in [3.05, 3.63) is 72.9 Å². The van der Waals surface area contributed by atoms with E-state index >= 15 is 0 Å². The van der Waals surface area contributed by atoms with Crippen LogP contribution in [0, 0.1) is 5.82 Å². The van der Waals surface area contributed by atoms with Gasteiger partial charge in [0.05, 0.1) is 17.7 Å². The second-order valence-corrected chi connectivity index (χ2v) is 6.93. The highest BCUT2D eigenvalue weighted by atomic mass is 19.1. The molecule has 2 aromatic carbocycles. The average Bonchev–Trinajstić information content (AvgIpc) is 3.22. The van der Waals surface area contributed by atoms with Crippen molar-refractivity contribution in [2.45, 2.75) is 13.0 Å². The molecule has 144 valence electrons. The van der Waals surface area contributed by atoms with Gasteiger partial charge in [-0.1, -0.05) is 42.5 Å². The zero-order valence-electron chi connectivity index (χ0n) is 15.7. The number of imidazole rings is 1. The minimum Gasteiger partial charge on any atom is -0.366 e. The van der Waals surface area contributed by atoms with E-state index in [1.807, 2.05) is 57.0 Å². The second-order valence-electron chi connectivity index (χ2n) is 6.93. The molecule has 5 nitrogen and oxygen atoms in total. The van der Waals surface area contributed by atoms with Crippen molar-refractivity contribution in [1.82, 2.24) is 14.5 Å². The molecule has 28 heavy (non-hydrogen) atoms. The van der Waals surface area contributed by atoms with Gasteiger partial charge in [0.2, 0.25) is 5.91 Å². The number of hydrogen-bond donors (Lipinski definition) is 0. The number of halogens is 1. The highest BCUT2D eigenvalue weighted by Gasteiger charge is 2.22. The summed E-state index contributed by atoms with van der Waals surface area (Å²) in [5, 5.41) is 0. The molecule has 0 atom stereocenters. The Balaban J connectivity index is 1.28. The smallest absolute Gasteiger partial charge is 0.224 e. The van der Waals surface area contributed by atoms with Gasteiger partial charge in [-0.25, -0.2) is 9.37 Å². The largest absolute Gasteiger partial charge is 0.366 e. The van der Waals surface area contributed by atoms with Gasteiger partial charge in [0, 0.05) is 50.9 Å². The molecule has 4 rings (SSSR count). The number of nitrogens with zero attached hydrogens (tertiary/aromatic N) is 4. The molecule has 0 aliphatic carbocycles. The molecule has 0 saturated carbocycles. The molecule has 0 N–H and O–H groups in total. The van der Waals surface area contributed by atoms with Crippen molar-refractivity contribution in [3.8, 4) is 11.3 Å². The van der Waals surface area contributed by atoms with Gasteiger partial charge in [0.1, 0.15) is 5.82 Å². The number of piperazine rings is 1. The van der Waals surface area contributed by atoms with Crippen LogP contribution < -0.4 is 4.90 Å². The lowest BCUT2D eigenvalue weighted by Crippen LogP contribution is -2.49. The van der Waals surface area contributed by atoms with Crippen molar-refractivity contribution in [1.29, 1.82) is 0 Å². The molecule has 1 aliphatic rings. The summed E-state index contributed by atoms with van der Waals surface area (Å²) < 4.78 is 15.9. The lowest BCUT2D eigenvalue weighted by molar-refractivity contribution is -0.131. The summed E-state index contributed by atoms with van der Waals surface area (Å²) in [5.74, 6) is -0.0836. The quantitative estimate of drug-likeness (QED) is 0.683. The molecular formula is C22H23FN4O. The summed E-state index contributed by atoms with van der Waals surface area (Å²) in [6.45, 7) is 3.14. The SMILES string of the molecule is O=C(CCn1cnc(-c2ccccc2)c1)N1CCN(c2ccccc2F)CC1. The molecule has 1 aliphatic heterocycles. The van der Waals surface area contributed by atoms with Crippen molar-refractivity contribution in [2.75, 3.05) is 31.1 Å². The van der Waals surface area contributed by atoms with Crippen LogP contribution in [0.1, 0.15) is 6.42 Å². The van der Waals surface area contributed by atoms with E-state index in [9.17, 15) is 9.18 Å². The number of carbonyl (C=O) groups excluding carboxylic acids is 1. The Morgan fingerprint density at radius 1 is 0.964 bits per heavy atom. The fraction of sp³-hybridized carbons (Fsp3) is 0.273. The van der Waals surface area contributed by atoms with E-state index in [4.69, 9.17) is 0 Å². The van der Waals surface area contributed by atoms with Crippen molar-refractivity contribution in [3.63, 3.8) is 0 Å². The number of aromatic nitrogens is 2. The van der Waals surface area contributed by atoms with E-state index in [1.54, 1.807) is 18.5 Å². The molecule has 1 saturated heterocycles. The summed E-state index contributed by atoms with van der Waals surface area (Å²) in [6, 6.07) is 16.8. The van der Waals surface area contributed by atoms with Crippen LogP contribution in [0.15, 0.2) is 67.1 Å². The molecule has 0 spiro atoms. The summed E-state index contributed by atoms with van der Waals surface area (Å²) in [7, 11) is 0. The van der Waals surface area contributed by atoms with Gasteiger partial charge >= 0.3 is 0 Å². The van der Waals surface area contributed by atoms with E-state index in [0.29, 0.717) is 44.8 Å². The Labute approximate surface area is 164 Å². The highest BCUT2D eigenvalue weighted by Crippen LogP contribution is 2.20. The van der Waals surface area contributed by atoms with Crippen LogP contribution in [-0.2, 0) is 11.3 Å². The first-order valence-electron chi connectivity index (χ1n) is 9.55. The fourth-order valence-electron chi connectivity index (χ4n) is 3.53. The lowest BCUT2D eigenvalue weighted by atomic mass is 10.2. The molecule has 3 aromatic rings. The summed E-state index contributed by atoms with van der Waals surface area (Å²) in [5.41, 5.74) is 2.59. The fourth-order valence-corrected chi connectivity index (χ4v) is 3.53. The Bertz CT molecular complexity index is 932. The Hall–Kier alpha value is -3.15. The summed E-state index contributed by atoms with van der Waals surface area (Å²) in [6.07, 6.45) is 4.18. The van der Waals surface area contributed by atoms with Crippen LogP contribution in [0.4, 0.5) is 10.1 Å². The molecule has 1 aromatic heterocycles. The first kappa shape index (κ1) is 18.2. The predicted octanol–water partition coefficient (Wildman–Crippen LogP) is 3.43. The topological polar surface area (TPSA) is 41.4 Å². The Kier molecular flexibility index (Phi) is 5.37. The van der Waals surface area contributed by atoms with Gasteiger partial charge in [-0.3, -0.25) is 4.79 Å². The molecule has 0 unspecified atom stereocenters. The van der Waals surface area contributed by atoms with Crippen LogP contribution in [0.2, 0.25) is 0 Å². The zero-order chi connectivity index (χ0) is 19.3. The van der Waals surface area contributed by atoms with E-state index in [1.165, 1.54) is 6.07 Å².